The predicted octanol–water partition coefficient (Wildman–Crippen LogP) is 15.3. The Hall–Kier alpha value is -7.99. The van der Waals surface area contributed by atoms with Crippen molar-refractivity contribution in [1.82, 2.24) is 19.5 Å². The molecular formula is C57H36N4S. The lowest BCUT2D eigenvalue weighted by Crippen LogP contribution is -2.04. The van der Waals surface area contributed by atoms with Crippen molar-refractivity contribution in [2.24, 2.45) is 0 Å². The van der Waals surface area contributed by atoms with Gasteiger partial charge in [0.2, 0.25) is 0 Å². The molecule has 0 aliphatic heterocycles. The Labute approximate surface area is 379 Å². The highest BCUT2D eigenvalue weighted by molar-refractivity contribution is 7.26. The molecule has 0 saturated heterocycles. The molecule has 12 rings (SSSR count). The Morgan fingerprint density at radius 1 is 0.371 bits per heavy atom. The molecule has 0 aliphatic rings. The van der Waals surface area contributed by atoms with Gasteiger partial charge in [-0.3, -0.25) is 0 Å². The molecule has 0 aliphatic carbocycles. The molecule has 0 spiro atoms. The van der Waals surface area contributed by atoms with Crippen LogP contribution in [0.5, 0.6) is 0 Å². The molecule has 0 saturated carbocycles. The maximum Gasteiger partial charge on any atom is 0.166 e. The number of thiophene rings is 1. The van der Waals surface area contributed by atoms with Crippen LogP contribution in [-0.4, -0.2) is 19.5 Å². The minimum Gasteiger partial charge on any atom is -0.309 e. The van der Waals surface area contributed by atoms with Crippen LogP contribution in [0.1, 0.15) is 16.4 Å². The van der Waals surface area contributed by atoms with Crippen LogP contribution >= 0.6 is 11.3 Å². The van der Waals surface area contributed by atoms with Crippen molar-refractivity contribution in [3.05, 3.63) is 218 Å². The third-order valence-corrected chi connectivity index (χ3v) is 12.1. The van der Waals surface area contributed by atoms with Gasteiger partial charge in [-0.25, -0.2) is 15.0 Å². The average Bonchev–Trinajstić information content (AvgIpc) is 4.07. The van der Waals surface area contributed by atoms with E-state index in [1.165, 1.54) is 23.5 Å². The van der Waals surface area contributed by atoms with E-state index in [1.54, 1.807) is 34.9 Å². The lowest BCUT2D eigenvalue weighted by atomic mass is 9.96. The zero-order valence-electron chi connectivity index (χ0n) is 44.6. The number of hydrogen-bond donors (Lipinski definition) is 0. The van der Waals surface area contributed by atoms with Gasteiger partial charge in [-0.1, -0.05) is 164 Å². The van der Waals surface area contributed by atoms with E-state index < -0.39 is 24.2 Å². The van der Waals surface area contributed by atoms with Gasteiger partial charge >= 0.3 is 0 Å². The van der Waals surface area contributed by atoms with Crippen molar-refractivity contribution < 1.29 is 16.4 Å². The maximum atomic E-state index is 9.25. The van der Waals surface area contributed by atoms with Gasteiger partial charge in [0.05, 0.1) is 33.2 Å². The van der Waals surface area contributed by atoms with Gasteiger partial charge in [0.15, 0.2) is 17.5 Å². The van der Waals surface area contributed by atoms with E-state index in [0.717, 1.165) is 22.3 Å². The van der Waals surface area contributed by atoms with Crippen LogP contribution in [0.2, 0.25) is 0 Å². The Kier molecular flexibility index (Phi) is 6.16. The van der Waals surface area contributed by atoms with Gasteiger partial charge in [0.25, 0.3) is 0 Å². The predicted molar refractivity (Wildman–Crippen MR) is 260 cm³/mol. The summed E-state index contributed by atoms with van der Waals surface area (Å²) < 4.78 is 109. The van der Waals surface area contributed by atoms with E-state index in [0.29, 0.717) is 53.7 Å². The van der Waals surface area contributed by atoms with E-state index in [1.807, 2.05) is 97.1 Å². The second-order valence-electron chi connectivity index (χ2n) is 14.7. The van der Waals surface area contributed by atoms with Crippen LogP contribution in [0.4, 0.5) is 0 Å². The Balaban J connectivity index is 1.14. The number of fused-ring (bicyclic) bond motifs is 6. The molecule has 4 nitrogen and oxygen atoms in total. The average molecular weight is 821 g/mol. The van der Waals surface area contributed by atoms with Gasteiger partial charge in [0.1, 0.15) is 0 Å². The molecule has 0 radical (unpaired) electrons. The standard InChI is InChI=1S/C57H36N4S/c1-3-17-37(18-4-1)41-34-42(38-19-5-2-6-20-38)36-43(35-41)56-58-55(40-22-15-21-39(33-40)44-27-16-28-48-47-25-10-14-32-53(47)62-54(44)48)59-57(60-56)49-26-9-13-31-52(49)61-50-29-11-7-23-45(50)46-24-8-12-30-51(46)61/h1-36H/i7D,8D,10D,11D,16D,23D,24D,25D,28D,29D,30D,32D. The van der Waals surface area contributed by atoms with E-state index in [-0.39, 0.29) is 87.6 Å². The quantitative estimate of drug-likeness (QED) is 0.161. The first-order chi connectivity index (χ1) is 35.7. The molecule has 12 aromatic rings. The highest BCUT2D eigenvalue weighted by atomic mass is 32.1. The van der Waals surface area contributed by atoms with Crippen molar-refractivity contribution in [2.75, 3.05) is 0 Å². The Bertz CT molecular complexity index is 4290. The van der Waals surface area contributed by atoms with Crippen LogP contribution in [0.25, 0.3) is 115 Å². The third-order valence-electron chi connectivity index (χ3n) is 11.0. The zero-order chi connectivity index (χ0) is 51.4. The molecule has 0 N–H and O–H groups in total. The van der Waals surface area contributed by atoms with Crippen LogP contribution < -0.4 is 0 Å². The Morgan fingerprint density at radius 3 is 1.73 bits per heavy atom. The molecule has 0 unspecified atom stereocenters. The third kappa shape index (κ3) is 6.18. The van der Waals surface area contributed by atoms with Crippen molar-refractivity contribution >= 4 is 53.3 Å². The second kappa shape index (κ2) is 14.9. The smallest absolute Gasteiger partial charge is 0.166 e. The molecule has 0 atom stereocenters. The summed E-state index contributed by atoms with van der Waals surface area (Å²) in [5.74, 6) is 0.690. The van der Waals surface area contributed by atoms with Crippen LogP contribution in [0, 0.1) is 0 Å². The summed E-state index contributed by atoms with van der Waals surface area (Å²) in [4.78, 5) is 15.6. The molecule has 0 fully saturated rings. The number of rotatable bonds is 7. The van der Waals surface area contributed by atoms with Crippen molar-refractivity contribution in [3.8, 4) is 73.2 Å². The summed E-state index contributed by atoms with van der Waals surface area (Å²) in [5, 5.41) is 0.682. The number of benzene rings is 9. The van der Waals surface area contributed by atoms with Gasteiger partial charge in [-0.2, -0.15) is 0 Å². The molecule has 5 heteroatoms. The molecule has 3 aromatic heterocycles. The maximum absolute atomic E-state index is 9.25. The molecule has 9 aromatic carbocycles. The van der Waals surface area contributed by atoms with E-state index >= 15 is 0 Å². The molecule has 3 heterocycles. The first-order valence-corrected chi connectivity index (χ1v) is 20.7. The molecule has 62 heavy (non-hydrogen) atoms. The van der Waals surface area contributed by atoms with Gasteiger partial charge in [-0.15, -0.1) is 11.3 Å². The SMILES string of the molecule is [2H]c1cc([2H])c2sc3c(-c4cccc(-c5nc(-c6cc(-c7ccccc7)cc(-c7ccccc7)c6)nc(-c6ccccc6-n6c7c([2H])cc([2H])c([2H])c7c7c([2H])c([2H])c([2H])c([2H])c76)n5)c4)cc([2H])c([2H])c3c2c1[2H]. The molecule has 0 amide bonds. The number of nitrogens with zero attached hydrogens (tertiary/aromatic N) is 4. The van der Waals surface area contributed by atoms with Gasteiger partial charge in [-0.05, 0) is 87.9 Å². The number of aromatic nitrogens is 4. The van der Waals surface area contributed by atoms with Crippen LogP contribution in [0.3, 0.4) is 0 Å². The van der Waals surface area contributed by atoms with E-state index in [9.17, 15) is 2.74 Å². The van der Waals surface area contributed by atoms with Gasteiger partial charge in [0, 0.05) is 47.6 Å². The van der Waals surface area contributed by atoms with Crippen molar-refractivity contribution in [3.63, 3.8) is 0 Å². The summed E-state index contributed by atoms with van der Waals surface area (Å²) in [5.41, 5.74) is 6.99. The second-order valence-corrected chi connectivity index (χ2v) is 15.7. The normalized spacial score (nSPS) is 14.3. The zero-order valence-corrected chi connectivity index (χ0v) is 33.4. The van der Waals surface area contributed by atoms with Crippen LogP contribution in [0.15, 0.2) is 218 Å². The fraction of sp³-hybridized carbons (Fsp3) is 0. The van der Waals surface area contributed by atoms with Gasteiger partial charge < -0.3 is 4.57 Å². The topological polar surface area (TPSA) is 43.6 Å². The highest BCUT2D eigenvalue weighted by Crippen LogP contribution is 2.42. The molecular weight excluding hydrogens is 773 g/mol. The number of para-hydroxylation sites is 3. The lowest BCUT2D eigenvalue weighted by molar-refractivity contribution is 1.06. The first kappa shape index (κ1) is 25.6. The van der Waals surface area contributed by atoms with Crippen molar-refractivity contribution in [2.45, 2.75) is 0 Å². The highest BCUT2D eigenvalue weighted by Gasteiger charge is 2.20. The summed E-state index contributed by atoms with van der Waals surface area (Å²) >= 11 is 1.24. The monoisotopic (exact) mass is 820 g/mol. The summed E-state index contributed by atoms with van der Waals surface area (Å²) in [6.45, 7) is 0. The fourth-order valence-electron chi connectivity index (χ4n) is 8.13. The lowest BCUT2D eigenvalue weighted by Gasteiger charge is -2.15. The van der Waals surface area contributed by atoms with Crippen LogP contribution in [-0.2, 0) is 0 Å². The largest absolute Gasteiger partial charge is 0.309 e. The Morgan fingerprint density at radius 2 is 0.935 bits per heavy atom. The van der Waals surface area contributed by atoms with E-state index in [2.05, 4.69) is 6.07 Å². The summed E-state index contributed by atoms with van der Waals surface area (Å²) in [6, 6.07) is 41.7. The molecule has 0 bridgehead atoms. The molecule has 290 valence electrons. The first-order valence-electron chi connectivity index (χ1n) is 25.9. The van der Waals surface area contributed by atoms with Crippen molar-refractivity contribution in [1.29, 1.82) is 0 Å². The summed E-state index contributed by atoms with van der Waals surface area (Å²) in [6.07, 6.45) is 0. The minimum atomic E-state index is -0.510. The minimum absolute atomic E-state index is 0.00785. The summed E-state index contributed by atoms with van der Waals surface area (Å²) in [7, 11) is 0. The number of hydrogen-bond acceptors (Lipinski definition) is 4. The fourth-order valence-corrected chi connectivity index (χ4v) is 9.25. The van der Waals surface area contributed by atoms with E-state index in [4.69, 9.17) is 28.7 Å².